The third kappa shape index (κ3) is 2.89. The van der Waals surface area contributed by atoms with Crippen LogP contribution in [0.1, 0.15) is 6.92 Å². The molecule has 1 aromatic rings. The van der Waals surface area contributed by atoms with E-state index in [1.54, 1.807) is 6.92 Å². The molecule has 2 N–H and O–H groups in total. The van der Waals surface area contributed by atoms with Crippen LogP contribution in [0.15, 0.2) is 23.1 Å². The Balaban J connectivity index is 0.00000180. The van der Waals surface area contributed by atoms with Gasteiger partial charge in [0.15, 0.2) is 4.90 Å². The van der Waals surface area contributed by atoms with Crippen LogP contribution < -0.4 is 5.73 Å². The monoisotopic (exact) mass is 312 g/mol. The Hall–Kier alpha value is -0.760. The van der Waals surface area contributed by atoms with E-state index in [1.807, 2.05) is 0 Å². The average Bonchev–Trinajstić information content (AvgIpc) is 2.59. The first kappa shape index (κ1) is 16.3. The first-order chi connectivity index (χ1) is 8.34. The Morgan fingerprint density at radius 1 is 1.26 bits per heavy atom. The first-order valence-corrected chi connectivity index (χ1v) is 6.98. The number of hydrogen-bond acceptors (Lipinski definition) is 3. The van der Waals surface area contributed by atoms with Gasteiger partial charge < -0.3 is 5.73 Å². The summed E-state index contributed by atoms with van der Waals surface area (Å²) in [6, 6.07) is 2.67. The summed E-state index contributed by atoms with van der Waals surface area (Å²) in [4.78, 5) is -0.897. The van der Waals surface area contributed by atoms with Crippen LogP contribution in [-0.4, -0.2) is 31.9 Å². The van der Waals surface area contributed by atoms with Gasteiger partial charge in [-0.3, -0.25) is 0 Å². The molecule has 0 spiro atoms. The third-order valence-electron chi connectivity index (χ3n) is 3.15. The summed E-state index contributed by atoms with van der Waals surface area (Å²) < 4.78 is 52.4. The van der Waals surface area contributed by atoms with Crippen molar-refractivity contribution in [2.45, 2.75) is 17.9 Å². The number of sulfonamides is 1. The van der Waals surface area contributed by atoms with Crippen LogP contribution in [0, 0.1) is 17.6 Å². The van der Waals surface area contributed by atoms with Gasteiger partial charge in [-0.1, -0.05) is 13.0 Å². The van der Waals surface area contributed by atoms with E-state index in [0.717, 1.165) is 22.5 Å². The number of hydrogen-bond donors (Lipinski definition) is 1. The van der Waals surface area contributed by atoms with Crippen molar-refractivity contribution in [2.24, 2.45) is 11.7 Å². The summed E-state index contributed by atoms with van der Waals surface area (Å²) in [5, 5.41) is 0. The third-order valence-corrected chi connectivity index (χ3v) is 5.04. The van der Waals surface area contributed by atoms with Crippen molar-refractivity contribution in [1.29, 1.82) is 0 Å². The zero-order valence-electron chi connectivity index (χ0n) is 10.2. The second kappa shape index (κ2) is 5.70. The lowest BCUT2D eigenvalue weighted by Crippen LogP contribution is -2.33. The van der Waals surface area contributed by atoms with Gasteiger partial charge in [-0.25, -0.2) is 17.2 Å². The highest BCUT2D eigenvalue weighted by Crippen LogP contribution is 2.26. The van der Waals surface area contributed by atoms with E-state index in [-0.39, 0.29) is 37.5 Å². The van der Waals surface area contributed by atoms with E-state index < -0.39 is 26.6 Å². The highest BCUT2D eigenvalue weighted by Gasteiger charge is 2.38. The molecule has 0 bridgehead atoms. The first-order valence-electron chi connectivity index (χ1n) is 5.53. The number of nitrogens with two attached hydrogens (primary N) is 1. The molecule has 0 saturated carbocycles. The minimum Gasteiger partial charge on any atom is -0.326 e. The molecule has 1 aliphatic rings. The maximum Gasteiger partial charge on any atom is 0.248 e. The Labute approximate surface area is 117 Å². The van der Waals surface area contributed by atoms with Gasteiger partial charge in [-0.15, -0.1) is 12.4 Å². The normalized spacial score (nSPS) is 24.2. The Kier molecular flexibility index (Phi) is 4.89. The molecule has 8 heteroatoms. The van der Waals surface area contributed by atoms with Crippen LogP contribution in [0.25, 0.3) is 0 Å². The molecule has 19 heavy (non-hydrogen) atoms. The predicted molar refractivity (Wildman–Crippen MR) is 69.5 cm³/mol. The fourth-order valence-corrected chi connectivity index (χ4v) is 3.69. The van der Waals surface area contributed by atoms with E-state index in [2.05, 4.69) is 0 Å². The highest BCUT2D eigenvalue weighted by molar-refractivity contribution is 7.89. The molecule has 4 nitrogen and oxygen atoms in total. The Morgan fingerprint density at radius 2 is 1.79 bits per heavy atom. The summed E-state index contributed by atoms with van der Waals surface area (Å²) >= 11 is 0. The van der Waals surface area contributed by atoms with Crippen molar-refractivity contribution in [3.63, 3.8) is 0 Å². The fraction of sp³-hybridized carbons (Fsp3) is 0.455. The van der Waals surface area contributed by atoms with Crippen molar-refractivity contribution < 1.29 is 17.2 Å². The van der Waals surface area contributed by atoms with Crippen molar-refractivity contribution in [3.8, 4) is 0 Å². The van der Waals surface area contributed by atoms with Crippen LogP contribution >= 0.6 is 12.4 Å². The van der Waals surface area contributed by atoms with Crippen molar-refractivity contribution in [2.75, 3.05) is 13.1 Å². The van der Waals surface area contributed by atoms with Crippen LogP contribution in [0.2, 0.25) is 0 Å². The van der Waals surface area contributed by atoms with Crippen LogP contribution in [-0.2, 0) is 10.0 Å². The molecule has 1 aliphatic heterocycles. The summed E-state index contributed by atoms with van der Waals surface area (Å²) in [6.45, 7) is 2.06. The zero-order valence-corrected chi connectivity index (χ0v) is 11.8. The molecule has 2 unspecified atom stereocenters. The molecular formula is C11H15ClF2N2O2S. The smallest absolute Gasteiger partial charge is 0.248 e. The molecule has 1 heterocycles. The molecule has 1 aromatic carbocycles. The van der Waals surface area contributed by atoms with Gasteiger partial charge in [0.25, 0.3) is 0 Å². The van der Waals surface area contributed by atoms with Gasteiger partial charge in [0.05, 0.1) is 0 Å². The number of rotatable bonds is 2. The molecule has 2 rings (SSSR count). The van der Waals surface area contributed by atoms with E-state index in [9.17, 15) is 17.2 Å². The second-order valence-electron chi connectivity index (χ2n) is 4.51. The Morgan fingerprint density at radius 3 is 2.21 bits per heavy atom. The van der Waals surface area contributed by atoms with Gasteiger partial charge in [0.2, 0.25) is 10.0 Å². The molecule has 1 saturated heterocycles. The topological polar surface area (TPSA) is 63.4 Å². The Bertz CT molecular complexity index is 538. The van der Waals surface area contributed by atoms with E-state index in [4.69, 9.17) is 5.73 Å². The molecule has 0 aliphatic carbocycles. The zero-order chi connectivity index (χ0) is 13.5. The standard InChI is InChI=1S/C11H14F2N2O2S.ClH/c1-7-5-15(6-10(7)14)18(16,17)11-8(12)3-2-4-9(11)13;/h2-4,7,10H,5-6,14H2,1H3;1H. The second-order valence-corrected chi connectivity index (χ2v) is 6.39. The van der Waals surface area contributed by atoms with E-state index in [1.165, 1.54) is 0 Å². The maximum atomic E-state index is 13.5. The molecule has 1 fully saturated rings. The average molecular weight is 313 g/mol. The molecule has 108 valence electrons. The van der Waals surface area contributed by atoms with Crippen LogP contribution in [0.3, 0.4) is 0 Å². The summed E-state index contributed by atoms with van der Waals surface area (Å²) in [7, 11) is -4.16. The number of benzene rings is 1. The summed E-state index contributed by atoms with van der Waals surface area (Å²) in [6.07, 6.45) is 0. The fourth-order valence-electron chi connectivity index (χ4n) is 2.00. The number of halogens is 3. The summed E-state index contributed by atoms with van der Waals surface area (Å²) in [5.74, 6) is -2.19. The lowest BCUT2D eigenvalue weighted by atomic mass is 10.1. The maximum absolute atomic E-state index is 13.5. The largest absolute Gasteiger partial charge is 0.326 e. The van der Waals surface area contributed by atoms with Gasteiger partial charge in [-0.05, 0) is 18.1 Å². The van der Waals surface area contributed by atoms with Gasteiger partial charge in [-0.2, -0.15) is 4.31 Å². The van der Waals surface area contributed by atoms with Crippen molar-refractivity contribution in [1.82, 2.24) is 4.31 Å². The minimum absolute atomic E-state index is 0. The molecule has 0 radical (unpaired) electrons. The quantitative estimate of drug-likeness (QED) is 0.896. The van der Waals surface area contributed by atoms with E-state index >= 15 is 0 Å². The lowest BCUT2D eigenvalue weighted by molar-refractivity contribution is 0.446. The minimum atomic E-state index is -4.16. The van der Waals surface area contributed by atoms with Gasteiger partial charge >= 0.3 is 0 Å². The number of nitrogens with zero attached hydrogens (tertiary/aromatic N) is 1. The molecule has 2 atom stereocenters. The van der Waals surface area contributed by atoms with Crippen molar-refractivity contribution >= 4 is 22.4 Å². The lowest BCUT2D eigenvalue weighted by Gasteiger charge is -2.16. The molecule has 0 aromatic heterocycles. The van der Waals surface area contributed by atoms with Gasteiger partial charge in [0.1, 0.15) is 11.6 Å². The molecule has 0 amide bonds. The highest BCUT2D eigenvalue weighted by atomic mass is 35.5. The predicted octanol–water partition coefficient (Wildman–Crippen LogP) is 1.35. The van der Waals surface area contributed by atoms with Crippen LogP contribution in [0.4, 0.5) is 8.78 Å². The van der Waals surface area contributed by atoms with Crippen LogP contribution in [0.5, 0.6) is 0 Å². The van der Waals surface area contributed by atoms with Gasteiger partial charge in [0, 0.05) is 19.1 Å². The molecular weight excluding hydrogens is 298 g/mol. The van der Waals surface area contributed by atoms with E-state index in [0.29, 0.717) is 0 Å². The summed E-state index contributed by atoms with van der Waals surface area (Å²) in [5.41, 5.74) is 5.73. The SMILES string of the molecule is CC1CN(S(=O)(=O)c2c(F)cccc2F)CC1N.Cl. The van der Waals surface area contributed by atoms with Crippen molar-refractivity contribution in [3.05, 3.63) is 29.8 Å².